The molecule has 0 aliphatic rings. The predicted molar refractivity (Wildman–Crippen MR) is 89.1 cm³/mol. The summed E-state index contributed by atoms with van der Waals surface area (Å²) in [5, 5.41) is 2.69. The fourth-order valence-corrected chi connectivity index (χ4v) is 1.99. The Labute approximate surface area is 130 Å². The molecular weight excluding hydrogens is 274 g/mol. The third kappa shape index (κ3) is 4.42. The Balaban J connectivity index is 1.97. The summed E-state index contributed by atoms with van der Waals surface area (Å²) in [7, 11) is 0. The fraction of sp³-hybridized carbons (Fsp3) is 0.158. The van der Waals surface area contributed by atoms with Crippen LogP contribution in [0.2, 0.25) is 0 Å². The first-order chi connectivity index (χ1) is 10.6. The van der Waals surface area contributed by atoms with Crippen LogP contribution in [0, 0.1) is 0 Å². The molecule has 3 heteroatoms. The molecule has 0 aromatic heterocycles. The van der Waals surface area contributed by atoms with Crippen LogP contribution in [0.25, 0.3) is 0 Å². The lowest BCUT2D eigenvalue weighted by atomic mass is 10.0. The summed E-state index contributed by atoms with van der Waals surface area (Å²) in [6.45, 7) is 4.20. The molecule has 2 aromatic rings. The average molecular weight is 293 g/mol. The Hall–Kier alpha value is -2.68. The zero-order valence-corrected chi connectivity index (χ0v) is 12.7. The molecule has 2 aromatic carbocycles. The number of hydrogen-bond donors (Lipinski definition) is 1. The van der Waals surface area contributed by atoms with Gasteiger partial charge in [0.05, 0.1) is 0 Å². The molecule has 0 radical (unpaired) electrons. The van der Waals surface area contributed by atoms with Crippen molar-refractivity contribution in [2.24, 2.45) is 0 Å². The monoisotopic (exact) mass is 293 g/mol. The molecule has 0 aliphatic carbocycles. The summed E-state index contributed by atoms with van der Waals surface area (Å²) in [6, 6.07) is 16.6. The van der Waals surface area contributed by atoms with Crippen molar-refractivity contribution in [2.75, 3.05) is 5.32 Å². The van der Waals surface area contributed by atoms with Gasteiger partial charge in [-0.2, -0.15) is 0 Å². The highest BCUT2D eigenvalue weighted by Crippen LogP contribution is 2.15. The van der Waals surface area contributed by atoms with E-state index in [2.05, 4.69) is 19.2 Å². The Morgan fingerprint density at radius 3 is 2.14 bits per heavy atom. The maximum absolute atomic E-state index is 12.0. The van der Waals surface area contributed by atoms with E-state index in [-0.39, 0.29) is 11.7 Å². The van der Waals surface area contributed by atoms with Crippen LogP contribution >= 0.6 is 0 Å². The van der Waals surface area contributed by atoms with Crippen molar-refractivity contribution in [3.8, 4) is 0 Å². The van der Waals surface area contributed by atoms with Crippen molar-refractivity contribution in [1.29, 1.82) is 0 Å². The number of hydrogen-bond acceptors (Lipinski definition) is 2. The number of allylic oxidation sites excluding steroid dienone is 1. The number of rotatable bonds is 5. The van der Waals surface area contributed by atoms with E-state index in [1.54, 1.807) is 24.3 Å². The van der Waals surface area contributed by atoms with E-state index in [9.17, 15) is 9.59 Å². The van der Waals surface area contributed by atoms with Gasteiger partial charge in [-0.05, 0) is 29.7 Å². The molecule has 2 rings (SSSR count). The maximum Gasteiger partial charge on any atom is 0.248 e. The lowest BCUT2D eigenvalue weighted by molar-refractivity contribution is -0.111. The third-order valence-electron chi connectivity index (χ3n) is 3.29. The number of carbonyl (C=O) groups excluding carboxylic acids is 2. The van der Waals surface area contributed by atoms with Crippen LogP contribution in [0.5, 0.6) is 0 Å². The number of nitrogens with one attached hydrogen (secondary N) is 1. The van der Waals surface area contributed by atoms with E-state index < -0.39 is 0 Å². The zero-order chi connectivity index (χ0) is 15.9. The number of ketones is 1. The van der Waals surface area contributed by atoms with Crippen molar-refractivity contribution in [1.82, 2.24) is 0 Å². The molecule has 1 N–H and O–H groups in total. The Kier molecular flexibility index (Phi) is 5.26. The fourth-order valence-electron chi connectivity index (χ4n) is 1.99. The predicted octanol–water partition coefficient (Wildman–Crippen LogP) is 4.19. The summed E-state index contributed by atoms with van der Waals surface area (Å²) in [5.41, 5.74) is 2.46. The summed E-state index contributed by atoms with van der Waals surface area (Å²) >= 11 is 0. The van der Waals surface area contributed by atoms with E-state index in [0.717, 1.165) is 0 Å². The normalized spacial score (nSPS) is 10.9. The number of amides is 1. The van der Waals surface area contributed by atoms with Gasteiger partial charge in [-0.1, -0.05) is 56.3 Å². The Bertz CT molecular complexity index is 670. The molecule has 0 fully saturated rings. The van der Waals surface area contributed by atoms with E-state index in [1.165, 1.54) is 17.7 Å². The zero-order valence-electron chi connectivity index (χ0n) is 12.7. The van der Waals surface area contributed by atoms with Crippen LogP contribution in [0.3, 0.4) is 0 Å². The SMILES string of the molecule is CC(C)c1ccc(C(=O)/C=C/C(=O)Nc2ccccc2)cc1. The van der Waals surface area contributed by atoms with Gasteiger partial charge in [-0.25, -0.2) is 0 Å². The van der Waals surface area contributed by atoms with Gasteiger partial charge in [0.15, 0.2) is 5.78 Å². The molecule has 0 aliphatic heterocycles. The summed E-state index contributed by atoms with van der Waals surface area (Å²) < 4.78 is 0. The van der Waals surface area contributed by atoms with Gasteiger partial charge in [0, 0.05) is 17.3 Å². The largest absolute Gasteiger partial charge is 0.323 e. The molecule has 1 amide bonds. The molecule has 3 nitrogen and oxygen atoms in total. The lowest BCUT2D eigenvalue weighted by Crippen LogP contribution is -2.08. The first-order valence-corrected chi connectivity index (χ1v) is 7.24. The average Bonchev–Trinajstić information content (AvgIpc) is 2.53. The standard InChI is InChI=1S/C19H19NO2/c1-14(2)15-8-10-16(11-9-15)18(21)12-13-19(22)20-17-6-4-3-5-7-17/h3-14H,1-2H3,(H,20,22)/b13-12+. The van der Waals surface area contributed by atoms with Gasteiger partial charge >= 0.3 is 0 Å². The smallest absolute Gasteiger partial charge is 0.248 e. The van der Waals surface area contributed by atoms with Crippen LogP contribution in [0.15, 0.2) is 66.7 Å². The molecule has 0 spiro atoms. The van der Waals surface area contributed by atoms with Crippen molar-refractivity contribution >= 4 is 17.4 Å². The number of carbonyl (C=O) groups is 2. The highest BCUT2D eigenvalue weighted by atomic mass is 16.1. The molecule has 0 unspecified atom stereocenters. The highest BCUT2D eigenvalue weighted by Gasteiger charge is 2.04. The third-order valence-corrected chi connectivity index (χ3v) is 3.29. The van der Waals surface area contributed by atoms with Crippen molar-refractivity contribution < 1.29 is 9.59 Å². The van der Waals surface area contributed by atoms with E-state index >= 15 is 0 Å². The minimum Gasteiger partial charge on any atom is -0.323 e. The molecule has 0 saturated carbocycles. The van der Waals surface area contributed by atoms with Crippen molar-refractivity contribution in [3.05, 3.63) is 77.9 Å². The van der Waals surface area contributed by atoms with Gasteiger partial charge in [-0.3, -0.25) is 9.59 Å². The first-order valence-electron chi connectivity index (χ1n) is 7.24. The molecule has 0 heterocycles. The van der Waals surface area contributed by atoms with Crippen LogP contribution in [-0.4, -0.2) is 11.7 Å². The topological polar surface area (TPSA) is 46.2 Å². The van der Waals surface area contributed by atoms with Crippen molar-refractivity contribution in [2.45, 2.75) is 19.8 Å². The second-order valence-corrected chi connectivity index (χ2v) is 5.33. The van der Waals surface area contributed by atoms with Crippen LogP contribution in [-0.2, 0) is 4.79 Å². The second kappa shape index (κ2) is 7.36. The van der Waals surface area contributed by atoms with Crippen LogP contribution in [0.4, 0.5) is 5.69 Å². The van der Waals surface area contributed by atoms with Gasteiger partial charge < -0.3 is 5.32 Å². The summed E-state index contributed by atoms with van der Waals surface area (Å²) in [4.78, 5) is 23.8. The molecule has 112 valence electrons. The Morgan fingerprint density at radius 2 is 1.55 bits per heavy atom. The molecule has 22 heavy (non-hydrogen) atoms. The van der Waals surface area contributed by atoms with E-state index in [0.29, 0.717) is 17.2 Å². The Morgan fingerprint density at radius 1 is 0.909 bits per heavy atom. The second-order valence-electron chi connectivity index (χ2n) is 5.33. The van der Waals surface area contributed by atoms with Crippen LogP contribution in [0.1, 0.15) is 35.7 Å². The van der Waals surface area contributed by atoms with Gasteiger partial charge in [0.25, 0.3) is 0 Å². The summed E-state index contributed by atoms with van der Waals surface area (Å²) in [5.74, 6) is -0.0757. The molecular formula is C19H19NO2. The minimum absolute atomic E-state index is 0.182. The first kappa shape index (κ1) is 15.7. The van der Waals surface area contributed by atoms with Crippen LogP contribution < -0.4 is 5.32 Å². The minimum atomic E-state index is -0.321. The lowest BCUT2D eigenvalue weighted by Gasteiger charge is -2.05. The number of benzene rings is 2. The highest BCUT2D eigenvalue weighted by molar-refractivity contribution is 6.09. The van der Waals surface area contributed by atoms with E-state index in [1.807, 2.05) is 30.3 Å². The van der Waals surface area contributed by atoms with Gasteiger partial charge in [0.2, 0.25) is 5.91 Å². The molecule has 0 atom stereocenters. The van der Waals surface area contributed by atoms with Gasteiger partial charge in [-0.15, -0.1) is 0 Å². The van der Waals surface area contributed by atoms with E-state index in [4.69, 9.17) is 0 Å². The maximum atomic E-state index is 12.0. The van der Waals surface area contributed by atoms with Gasteiger partial charge in [0.1, 0.15) is 0 Å². The summed E-state index contributed by atoms with van der Waals surface area (Å²) in [6.07, 6.45) is 2.55. The number of anilines is 1. The molecule has 0 saturated heterocycles. The quantitative estimate of drug-likeness (QED) is 0.663. The molecule has 0 bridgehead atoms. The number of para-hydroxylation sites is 1. The van der Waals surface area contributed by atoms with Crippen molar-refractivity contribution in [3.63, 3.8) is 0 Å².